The lowest BCUT2D eigenvalue weighted by atomic mass is 10.0. The summed E-state index contributed by atoms with van der Waals surface area (Å²) in [4.78, 5) is 30.1. The molecule has 1 aliphatic rings. The molecule has 3 heterocycles. The predicted octanol–water partition coefficient (Wildman–Crippen LogP) is 5.99. The van der Waals surface area contributed by atoms with E-state index in [-0.39, 0.29) is 29.6 Å². The number of nitrogens with one attached hydrogen (secondary N) is 2. The summed E-state index contributed by atoms with van der Waals surface area (Å²) in [6, 6.07) is 15.9. The number of hydrogen-bond donors (Lipinski definition) is 2. The van der Waals surface area contributed by atoms with Crippen molar-refractivity contribution in [1.82, 2.24) is 24.5 Å². The third-order valence-electron chi connectivity index (χ3n) is 7.24. The molecule has 0 saturated heterocycles. The molecule has 6 rings (SSSR count). The standard InChI is InChI=1S/C31H31FN6O2/c1-18(2)16-37-17-26(30(40)33-19(3)21-5-4-6-24(32)13-21)25-14-22(9-10-27(25)37)23-11-12-38-28(15-23)34-31(36-38)35-29(39)20-7-8-20/h4-6,9-15,17-20H,7-8,16H2,1-3H3,(H,33,40)(H,35,36,39)/t19-/m0/s1. The van der Waals surface area contributed by atoms with Crippen LogP contribution in [0.4, 0.5) is 10.3 Å². The highest BCUT2D eigenvalue weighted by Gasteiger charge is 2.30. The molecule has 1 aliphatic carbocycles. The summed E-state index contributed by atoms with van der Waals surface area (Å²) in [5.41, 5.74) is 4.69. The summed E-state index contributed by atoms with van der Waals surface area (Å²) in [6.07, 6.45) is 5.54. The molecule has 9 heteroatoms. The van der Waals surface area contributed by atoms with E-state index in [9.17, 15) is 14.0 Å². The van der Waals surface area contributed by atoms with Gasteiger partial charge in [0.2, 0.25) is 11.9 Å². The van der Waals surface area contributed by atoms with Crippen molar-refractivity contribution in [3.05, 3.63) is 83.9 Å². The highest BCUT2D eigenvalue weighted by atomic mass is 19.1. The normalized spacial score (nSPS) is 14.1. The number of pyridine rings is 1. The molecule has 5 aromatic rings. The molecule has 1 saturated carbocycles. The molecular formula is C31H31FN6O2. The zero-order valence-corrected chi connectivity index (χ0v) is 22.7. The minimum Gasteiger partial charge on any atom is -0.346 e. The second kappa shape index (κ2) is 10.2. The van der Waals surface area contributed by atoms with E-state index in [4.69, 9.17) is 0 Å². The molecule has 0 bridgehead atoms. The second-order valence-electron chi connectivity index (χ2n) is 11.0. The van der Waals surface area contributed by atoms with Crippen molar-refractivity contribution >= 4 is 34.3 Å². The Morgan fingerprint density at radius 1 is 1.05 bits per heavy atom. The first kappa shape index (κ1) is 25.7. The van der Waals surface area contributed by atoms with E-state index in [1.54, 1.807) is 16.6 Å². The van der Waals surface area contributed by atoms with Gasteiger partial charge in [0.15, 0.2) is 5.65 Å². The number of nitrogens with zero attached hydrogens (tertiary/aromatic N) is 4. The average Bonchev–Trinajstić information content (AvgIpc) is 3.61. The van der Waals surface area contributed by atoms with Crippen LogP contribution in [0, 0.1) is 17.7 Å². The van der Waals surface area contributed by atoms with E-state index in [2.05, 4.69) is 39.1 Å². The fourth-order valence-electron chi connectivity index (χ4n) is 5.01. The fourth-order valence-corrected chi connectivity index (χ4v) is 5.01. The number of aromatic nitrogens is 4. The number of hydrogen-bond acceptors (Lipinski definition) is 4. The Morgan fingerprint density at radius 3 is 2.60 bits per heavy atom. The number of benzene rings is 2. The molecule has 1 fully saturated rings. The van der Waals surface area contributed by atoms with Gasteiger partial charge in [-0.25, -0.2) is 8.91 Å². The molecule has 2 N–H and O–H groups in total. The number of carbonyl (C=O) groups is 2. The van der Waals surface area contributed by atoms with Gasteiger partial charge in [0, 0.05) is 35.8 Å². The van der Waals surface area contributed by atoms with Gasteiger partial charge in [-0.05, 0) is 78.8 Å². The van der Waals surface area contributed by atoms with E-state index in [1.807, 2.05) is 49.6 Å². The Hall–Kier alpha value is -4.53. The van der Waals surface area contributed by atoms with Crippen LogP contribution < -0.4 is 10.6 Å². The van der Waals surface area contributed by atoms with Crippen LogP contribution in [0.1, 0.15) is 55.6 Å². The van der Waals surface area contributed by atoms with Crippen LogP contribution in [0.3, 0.4) is 0 Å². The molecule has 0 radical (unpaired) electrons. The minimum absolute atomic E-state index is 0.0370. The highest BCUT2D eigenvalue weighted by Crippen LogP contribution is 2.31. The lowest BCUT2D eigenvalue weighted by Crippen LogP contribution is -2.26. The van der Waals surface area contributed by atoms with Crippen LogP contribution in [0.2, 0.25) is 0 Å². The predicted molar refractivity (Wildman–Crippen MR) is 152 cm³/mol. The van der Waals surface area contributed by atoms with Crippen molar-refractivity contribution in [1.29, 1.82) is 0 Å². The Morgan fingerprint density at radius 2 is 1.85 bits per heavy atom. The van der Waals surface area contributed by atoms with Gasteiger partial charge in [-0.2, -0.15) is 4.98 Å². The van der Waals surface area contributed by atoms with Gasteiger partial charge in [0.05, 0.1) is 11.6 Å². The summed E-state index contributed by atoms with van der Waals surface area (Å²) in [5, 5.41) is 11.0. The van der Waals surface area contributed by atoms with E-state index >= 15 is 0 Å². The second-order valence-corrected chi connectivity index (χ2v) is 11.0. The third-order valence-corrected chi connectivity index (χ3v) is 7.24. The van der Waals surface area contributed by atoms with E-state index in [0.717, 1.165) is 41.4 Å². The zero-order valence-electron chi connectivity index (χ0n) is 22.7. The minimum atomic E-state index is -0.361. The maximum atomic E-state index is 13.8. The topological polar surface area (TPSA) is 93.3 Å². The van der Waals surface area contributed by atoms with Crippen LogP contribution in [0.5, 0.6) is 0 Å². The monoisotopic (exact) mass is 538 g/mol. The van der Waals surface area contributed by atoms with Gasteiger partial charge >= 0.3 is 0 Å². The first-order valence-electron chi connectivity index (χ1n) is 13.6. The van der Waals surface area contributed by atoms with Gasteiger partial charge in [0.1, 0.15) is 5.82 Å². The number of halogens is 1. The van der Waals surface area contributed by atoms with Crippen molar-refractivity contribution in [2.45, 2.75) is 46.2 Å². The van der Waals surface area contributed by atoms with Crippen LogP contribution in [-0.2, 0) is 11.3 Å². The van der Waals surface area contributed by atoms with E-state index < -0.39 is 0 Å². The lowest BCUT2D eigenvalue weighted by molar-refractivity contribution is -0.117. The number of rotatable bonds is 8. The quantitative estimate of drug-likeness (QED) is 0.254. The molecule has 0 aliphatic heterocycles. The summed E-state index contributed by atoms with van der Waals surface area (Å²) >= 11 is 0. The first-order valence-corrected chi connectivity index (χ1v) is 13.6. The summed E-state index contributed by atoms with van der Waals surface area (Å²) in [5.74, 6) is 0.165. The third kappa shape index (κ3) is 5.19. The Balaban J connectivity index is 1.33. The van der Waals surface area contributed by atoms with E-state index in [0.29, 0.717) is 28.6 Å². The largest absolute Gasteiger partial charge is 0.346 e. The first-order chi connectivity index (χ1) is 19.2. The van der Waals surface area contributed by atoms with Crippen molar-refractivity contribution in [3.8, 4) is 11.1 Å². The Labute approximate surface area is 231 Å². The molecule has 0 spiro atoms. The average molecular weight is 539 g/mol. The van der Waals surface area contributed by atoms with Crippen molar-refractivity contribution in [2.24, 2.45) is 11.8 Å². The lowest BCUT2D eigenvalue weighted by Gasteiger charge is -2.14. The molecule has 0 unspecified atom stereocenters. The van der Waals surface area contributed by atoms with Crippen molar-refractivity contribution < 1.29 is 14.0 Å². The molecule has 40 heavy (non-hydrogen) atoms. The maximum absolute atomic E-state index is 13.8. The Kier molecular flexibility index (Phi) is 6.57. The highest BCUT2D eigenvalue weighted by molar-refractivity contribution is 6.08. The van der Waals surface area contributed by atoms with Gasteiger partial charge < -0.3 is 9.88 Å². The molecule has 2 amide bonds. The van der Waals surface area contributed by atoms with Gasteiger partial charge in [-0.15, -0.1) is 5.10 Å². The van der Waals surface area contributed by atoms with Crippen molar-refractivity contribution in [3.63, 3.8) is 0 Å². The molecular weight excluding hydrogens is 507 g/mol. The molecule has 3 aromatic heterocycles. The summed E-state index contributed by atoms with van der Waals surface area (Å²) in [7, 11) is 0. The van der Waals surface area contributed by atoms with Crippen LogP contribution in [0.15, 0.2) is 67.0 Å². The summed E-state index contributed by atoms with van der Waals surface area (Å²) < 4.78 is 17.5. The number of anilines is 1. The number of carbonyl (C=O) groups excluding carboxylic acids is 2. The molecule has 8 nitrogen and oxygen atoms in total. The molecule has 1 atom stereocenters. The van der Waals surface area contributed by atoms with Crippen molar-refractivity contribution in [2.75, 3.05) is 5.32 Å². The zero-order chi connectivity index (χ0) is 28.0. The molecule has 204 valence electrons. The molecule has 2 aromatic carbocycles. The van der Waals surface area contributed by atoms with Gasteiger partial charge in [-0.1, -0.05) is 32.0 Å². The van der Waals surface area contributed by atoms with E-state index in [1.165, 1.54) is 12.1 Å². The van der Waals surface area contributed by atoms with Crippen LogP contribution in [-0.4, -0.2) is 31.0 Å². The SMILES string of the molecule is CC(C)Cn1cc(C(=O)N[C@@H](C)c2cccc(F)c2)c2cc(-c3ccn4nc(NC(=O)C5CC5)nc4c3)ccc21. The summed E-state index contributed by atoms with van der Waals surface area (Å²) in [6.45, 7) is 6.90. The Bertz CT molecular complexity index is 1750. The van der Waals surface area contributed by atoms with Gasteiger partial charge in [0.25, 0.3) is 5.91 Å². The fraction of sp³-hybridized carbons (Fsp3) is 0.290. The number of fused-ring (bicyclic) bond motifs is 2. The van der Waals surface area contributed by atoms with Gasteiger partial charge in [-0.3, -0.25) is 14.9 Å². The maximum Gasteiger partial charge on any atom is 0.253 e. The van der Waals surface area contributed by atoms with Crippen LogP contribution >= 0.6 is 0 Å². The van der Waals surface area contributed by atoms with Crippen LogP contribution in [0.25, 0.3) is 27.7 Å². The number of amides is 2. The smallest absolute Gasteiger partial charge is 0.253 e.